The van der Waals surface area contributed by atoms with Crippen molar-refractivity contribution in [2.75, 3.05) is 13.1 Å². The van der Waals surface area contributed by atoms with Crippen LogP contribution in [0, 0.1) is 5.92 Å². The summed E-state index contributed by atoms with van der Waals surface area (Å²) in [5.74, 6) is 0.698. The molecule has 2 heteroatoms. The summed E-state index contributed by atoms with van der Waals surface area (Å²) in [4.78, 5) is 0. The molecule has 0 amide bonds. The van der Waals surface area contributed by atoms with E-state index in [4.69, 9.17) is 11.6 Å². The van der Waals surface area contributed by atoms with Crippen LogP contribution in [-0.4, -0.2) is 13.1 Å². The molecule has 1 fully saturated rings. The molecule has 1 aromatic rings. The molecular weight excluding hydrogens is 266 g/mol. The van der Waals surface area contributed by atoms with Gasteiger partial charge in [0.25, 0.3) is 0 Å². The van der Waals surface area contributed by atoms with Gasteiger partial charge in [0.15, 0.2) is 0 Å². The molecule has 0 radical (unpaired) electrons. The number of hydrogen-bond acceptors (Lipinski definition) is 1. The first-order valence-electron chi connectivity index (χ1n) is 8.10. The van der Waals surface area contributed by atoms with E-state index in [2.05, 4.69) is 31.3 Å². The van der Waals surface area contributed by atoms with Crippen molar-refractivity contribution in [3.05, 3.63) is 34.9 Å². The second-order valence-electron chi connectivity index (χ2n) is 6.70. The van der Waals surface area contributed by atoms with E-state index in [1.165, 1.54) is 44.1 Å². The van der Waals surface area contributed by atoms with Crippen LogP contribution in [0.3, 0.4) is 0 Å². The van der Waals surface area contributed by atoms with Crippen molar-refractivity contribution in [1.82, 2.24) is 5.32 Å². The Morgan fingerprint density at radius 1 is 1.10 bits per heavy atom. The first-order chi connectivity index (χ1) is 9.64. The van der Waals surface area contributed by atoms with Gasteiger partial charge in [0.2, 0.25) is 0 Å². The highest BCUT2D eigenvalue weighted by molar-refractivity contribution is 6.31. The van der Waals surface area contributed by atoms with Crippen LogP contribution < -0.4 is 5.32 Å². The highest BCUT2D eigenvalue weighted by Gasteiger charge is 2.33. The maximum absolute atomic E-state index is 6.51. The molecule has 0 heterocycles. The molecular formula is C18H28ClN. The van der Waals surface area contributed by atoms with Crippen molar-refractivity contribution in [1.29, 1.82) is 0 Å². The maximum atomic E-state index is 6.51. The minimum Gasteiger partial charge on any atom is -0.316 e. The van der Waals surface area contributed by atoms with Crippen molar-refractivity contribution in [3.8, 4) is 0 Å². The third-order valence-corrected chi connectivity index (χ3v) is 4.85. The first-order valence-corrected chi connectivity index (χ1v) is 8.48. The molecule has 1 aromatic carbocycles. The molecule has 1 nitrogen and oxygen atoms in total. The second kappa shape index (κ2) is 7.47. The minimum atomic E-state index is 0.240. The Balaban J connectivity index is 2.21. The Morgan fingerprint density at radius 2 is 1.75 bits per heavy atom. The van der Waals surface area contributed by atoms with Crippen LogP contribution in [0.25, 0.3) is 0 Å². The van der Waals surface area contributed by atoms with Gasteiger partial charge in [0, 0.05) is 17.0 Å². The summed E-state index contributed by atoms with van der Waals surface area (Å²) in [6.45, 7) is 6.69. The fourth-order valence-corrected chi connectivity index (χ4v) is 3.77. The summed E-state index contributed by atoms with van der Waals surface area (Å²) in [5.41, 5.74) is 1.60. The van der Waals surface area contributed by atoms with Gasteiger partial charge in [-0.2, -0.15) is 0 Å². The molecule has 1 saturated carbocycles. The lowest BCUT2D eigenvalue weighted by molar-refractivity contribution is 0.340. The highest BCUT2D eigenvalue weighted by atomic mass is 35.5. The molecule has 20 heavy (non-hydrogen) atoms. The van der Waals surface area contributed by atoms with Crippen LogP contribution >= 0.6 is 11.6 Å². The Kier molecular flexibility index (Phi) is 5.92. The van der Waals surface area contributed by atoms with E-state index in [9.17, 15) is 0 Å². The van der Waals surface area contributed by atoms with E-state index in [-0.39, 0.29) is 5.41 Å². The summed E-state index contributed by atoms with van der Waals surface area (Å²) in [6, 6.07) is 8.46. The number of hydrogen-bond donors (Lipinski definition) is 1. The average Bonchev–Trinajstić information content (AvgIpc) is 2.65. The molecule has 1 aliphatic carbocycles. The Hall–Kier alpha value is -0.530. The molecule has 1 aliphatic rings. The molecule has 0 atom stereocenters. The molecule has 112 valence electrons. The van der Waals surface area contributed by atoms with Gasteiger partial charge in [-0.05, 0) is 36.9 Å². The number of halogens is 1. The highest BCUT2D eigenvalue weighted by Crippen LogP contribution is 2.40. The number of rotatable bonds is 5. The van der Waals surface area contributed by atoms with Crippen molar-refractivity contribution < 1.29 is 0 Å². The van der Waals surface area contributed by atoms with Gasteiger partial charge in [-0.15, -0.1) is 0 Å². The Labute approximate surface area is 129 Å². The van der Waals surface area contributed by atoms with Crippen molar-refractivity contribution in [3.63, 3.8) is 0 Å². The third-order valence-electron chi connectivity index (χ3n) is 4.52. The van der Waals surface area contributed by atoms with Crippen molar-refractivity contribution >= 4 is 11.6 Å². The summed E-state index contributed by atoms with van der Waals surface area (Å²) in [6.07, 6.45) is 7.93. The van der Waals surface area contributed by atoms with Crippen LogP contribution in [0.15, 0.2) is 24.3 Å². The lowest BCUT2D eigenvalue weighted by atomic mass is 9.74. The van der Waals surface area contributed by atoms with Gasteiger partial charge in [-0.25, -0.2) is 0 Å². The van der Waals surface area contributed by atoms with E-state index in [0.29, 0.717) is 5.92 Å². The fraction of sp³-hybridized carbons (Fsp3) is 0.667. The molecule has 0 bridgehead atoms. The maximum Gasteiger partial charge on any atom is 0.0444 e. The molecule has 0 aliphatic heterocycles. The fourth-order valence-electron chi connectivity index (χ4n) is 3.44. The number of nitrogens with one attached hydrogen (secondary N) is 1. The lowest BCUT2D eigenvalue weighted by Crippen LogP contribution is -2.39. The zero-order chi connectivity index (χ0) is 14.4. The zero-order valence-corrected chi connectivity index (χ0v) is 13.7. The summed E-state index contributed by atoms with van der Waals surface area (Å²) in [5, 5.41) is 4.64. The smallest absolute Gasteiger partial charge is 0.0444 e. The molecule has 0 aromatic heterocycles. The monoisotopic (exact) mass is 293 g/mol. The van der Waals surface area contributed by atoms with E-state index < -0.39 is 0 Å². The van der Waals surface area contributed by atoms with Crippen molar-refractivity contribution in [2.24, 2.45) is 5.92 Å². The topological polar surface area (TPSA) is 12.0 Å². The van der Waals surface area contributed by atoms with Crippen LogP contribution in [-0.2, 0) is 5.41 Å². The van der Waals surface area contributed by atoms with Gasteiger partial charge < -0.3 is 5.32 Å². The average molecular weight is 294 g/mol. The summed E-state index contributed by atoms with van der Waals surface area (Å²) < 4.78 is 0. The summed E-state index contributed by atoms with van der Waals surface area (Å²) >= 11 is 6.51. The van der Waals surface area contributed by atoms with Crippen molar-refractivity contribution in [2.45, 2.75) is 57.8 Å². The second-order valence-corrected chi connectivity index (χ2v) is 7.11. The predicted molar refractivity (Wildman–Crippen MR) is 88.5 cm³/mol. The normalized spacial score (nSPS) is 19.0. The van der Waals surface area contributed by atoms with Gasteiger partial charge in [0.05, 0.1) is 0 Å². The third kappa shape index (κ3) is 3.99. The van der Waals surface area contributed by atoms with E-state index in [1.54, 1.807) is 0 Å². The molecule has 0 spiro atoms. The zero-order valence-electron chi connectivity index (χ0n) is 12.9. The standard InChI is InChI=1S/C18H28ClN/c1-15(2)13-20-14-18(11-7-3-4-8-12-18)16-9-5-6-10-17(16)19/h5-6,9-10,15,20H,3-4,7-8,11-14H2,1-2H3. The summed E-state index contributed by atoms with van der Waals surface area (Å²) in [7, 11) is 0. The number of benzene rings is 1. The predicted octanol–water partition coefficient (Wildman–Crippen LogP) is 5.18. The molecule has 1 N–H and O–H groups in total. The lowest BCUT2D eigenvalue weighted by Gasteiger charge is -2.35. The van der Waals surface area contributed by atoms with Crippen LogP contribution in [0.4, 0.5) is 0 Å². The van der Waals surface area contributed by atoms with Gasteiger partial charge in [0.1, 0.15) is 0 Å². The van der Waals surface area contributed by atoms with E-state index >= 15 is 0 Å². The molecule has 2 rings (SSSR count). The first kappa shape index (κ1) is 15.9. The van der Waals surface area contributed by atoms with Crippen LogP contribution in [0.2, 0.25) is 5.02 Å². The SMILES string of the molecule is CC(C)CNCC1(c2ccccc2Cl)CCCCCC1. The van der Waals surface area contributed by atoms with Gasteiger partial charge in [-0.1, -0.05) is 69.3 Å². The van der Waals surface area contributed by atoms with Crippen LogP contribution in [0.1, 0.15) is 57.9 Å². The quantitative estimate of drug-likeness (QED) is 0.738. The minimum absolute atomic E-state index is 0.240. The molecule has 0 saturated heterocycles. The Bertz CT molecular complexity index is 406. The van der Waals surface area contributed by atoms with Gasteiger partial charge >= 0.3 is 0 Å². The largest absolute Gasteiger partial charge is 0.316 e. The van der Waals surface area contributed by atoms with E-state index in [0.717, 1.165) is 18.1 Å². The Morgan fingerprint density at radius 3 is 2.35 bits per heavy atom. The van der Waals surface area contributed by atoms with E-state index in [1.807, 2.05) is 12.1 Å². The molecule has 0 unspecified atom stereocenters. The van der Waals surface area contributed by atoms with Crippen LogP contribution in [0.5, 0.6) is 0 Å². The van der Waals surface area contributed by atoms with Gasteiger partial charge in [-0.3, -0.25) is 0 Å².